The Balaban J connectivity index is 1.14. The lowest BCUT2D eigenvalue weighted by Crippen LogP contribution is -2.33. The Kier molecular flexibility index (Phi) is 9.19. The first-order valence-corrected chi connectivity index (χ1v) is 24.5. The van der Waals surface area contributed by atoms with Gasteiger partial charge in [-0.25, -0.2) is 4.98 Å². The number of rotatable bonds is 9. The molecule has 0 atom stereocenters. The van der Waals surface area contributed by atoms with Crippen LogP contribution in [-0.4, -0.2) is 19.3 Å². The zero-order valence-corrected chi connectivity index (χ0v) is 42.5. The number of pyridine rings is 1. The van der Waals surface area contributed by atoms with E-state index in [2.05, 4.69) is 128 Å². The van der Waals surface area contributed by atoms with E-state index in [1.807, 2.05) is 72.9 Å². The first-order chi connectivity index (χ1) is 39.2. The van der Waals surface area contributed by atoms with Crippen LogP contribution < -0.4 is 9.30 Å². The average Bonchev–Trinajstić information content (AvgIpc) is 3.86. The van der Waals surface area contributed by atoms with Gasteiger partial charge in [0.1, 0.15) is 17.3 Å². The summed E-state index contributed by atoms with van der Waals surface area (Å²) in [5.41, 5.74) is 7.51. The number of fused-ring (bicyclic) bond motifs is 3. The maximum atomic E-state index is 9.26. The second-order valence-corrected chi connectivity index (χ2v) is 21.5. The number of nitrogens with zero attached hydrogens (tertiary/aromatic N) is 5. The van der Waals surface area contributed by atoms with Gasteiger partial charge in [-0.3, -0.25) is 4.57 Å². The minimum absolute atomic E-state index is 0.114. The van der Waals surface area contributed by atoms with Crippen LogP contribution in [0.5, 0.6) is 11.5 Å². The zero-order valence-electron chi connectivity index (χ0n) is 52.5. The molecule has 0 saturated carbocycles. The van der Waals surface area contributed by atoms with Crippen LogP contribution in [-0.2, 0) is 16.2 Å². The zero-order chi connectivity index (χ0) is 59.4. The molecule has 0 spiro atoms. The molecule has 11 rings (SSSR count). The molecule has 0 aliphatic rings. The third-order valence-corrected chi connectivity index (χ3v) is 13.3. The largest absolute Gasteiger partial charge is 0.458 e. The Hall–Kier alpha value is -8.35. The van der Waals surface area contributed by atoms with Gasteiger partial charge in [-0.05, 0) is 120 Å². The van der Waals surface area contributed by atoms with Gasteiger partial charge in [0, 0.05) is 34.3 Å². The van der Waals surface area contributed by atoms with E-state index in [0.717, 1.165) is 55.4 Å². The van der Waals surface area contributed by atoms with Crippen LogP contribution in [0.1, 0.15) is 92.7 Å². The van der Waals surface area contributed by atoms with Gasteiger partial charge in [0.25, 0.3) is 0 Å². The molecule has 6 heteroatoms. The molecule has 73 heavy (non-hydrogen) atoms. The maximum Gasteiger partial charge on any atom is 0.233 e. The van der Waals surface area contributed by atoms with Crippen LogP contribution >= 0.6 is 0 Å². The molecule has 0 aliphatic carbocycles. The summed E-state index contributed by atoms with van der Waals surface area (Å²) in [6.45, 7) is 19.3. The van der Waals surface area contributed by atoms with Crippen molar-refractivity contribution in [2.75, 3.05) is 0 Å². The average molecular weight is 962 g/mol. The Morgan fingerprint density at radius 3 is 1.78 bits per heavy atom. The second-order valence-electron chi connectivity index (χ2n) is 21.5. The van der Waals surface area contributed by atoms with E-state index in [1.54, 1.807) is 22.8 Å². The van der Waals surface area contributed by atoms with E-state index in [1.165, 1.54) is 4.68 Å². The summed E-state index contributed by atoms with van der Waals surface area (Å²) >= 11 is 0. The third-order valence-electron chi connectivity index (χ3n) is 13.3. The minimum atomic E-state index is -0.585. The summed E-state index contributed by atoms with van der Waals surface area (Å²) in [4.78, 5) is 4.93. The summed E-state index contributed by atoms with van der Waals surface area (Å²) in [7, 11) is 0. The van der Waals surface area contributed by atoms with Crippen molar-refractivity contribution in [1.82, 2.24) is 19.3 Å². The van der Waals surface area contributed by atoms with Gasteiger partial charge in [-0.1, -0.05) is 208 Å². The van der Waals surface area contributed by atoms with Crippen LogP contribution in [0, 0.1) is 6.33 Å². The number of aromatic nitrogens is 5. The predicted octanol–water partition coefficient (Wildman–Crippen LogP) is 16.8. The molecule has 0 radical (unpaired) electrons. The second kappa shape index (κ2) is 18.4. The summed E-state index contributed by atoms with van der Waals surface area (Å²) < 4.78 is 101. The highest BCUT2D eigenvalue weighted by Crippen LogP contribution is 2.41. The highest BCUT2D eigenvalue weighted by Gasteiger charge is 2.27. The molecule has 0 N–H and O–H groups in total. The fraction of sp³-hybridized carbons (Fsp3) is 0.179. The van der Waals surface area contributed by atoms with Crippen molar-refractivity contribution in [1.29, 1.82) is 0 Å². The van der Waals surface area contributed by atoms with Gasteiger partial charge >= 0.3 is 0 Å². The molecule has 0 fully saturated rings. The normalized spacial score (nSPS) is 14.1. The first-order valence-electron chi connectivity index (χ1n) is 29.5. The monoisotopic (exact) mass is 962 g/mol. The van der Waals surface area contributed by atoms with Crippen molar-refractivity contribution in [2.24, 2.45) is 0 Å². The third kappa shape index (κ3) is 9.26. The summed E-state index contributed by atoms with van der Waals surface area (Å²) in [6.07, 6.45) is 5.35. The Morgan fingerprint density at radius 1 is 0.507 bits per heavy atom. The van der Waals surface area contributed by atoms with Crippen molar-refractivity contribution in [2.45, 2.75) is 78.6 Å². The van der Waals surface area contributed by atoms with E-state index in [-0.39, 0.29) is 49.9 Å². The van der Waals surface area contributed by atoms with Gasteiger partial charge in [0.2, 0.25) is 12.2 Å². The molecule has 0 saturated heterocycles. The molecule has 8 aromatic carbocycles. The quantitative estimate of drug-likeness (QED) is 0.107. The van der Waals surface area contributed by atoms with Crippen LogP contribution in [0.25, 0.3) is 83.8 Å². The molecule has 0 bridgehead atoms. The molecule has 3 aromatic heterocycles. The summed E-state index contributed by atoms with van der Waals surface area (Å²) in [6, 6.07) is 40.0. The topological polar surface area (TPSA) is 48.8 Å². The van der Waals surface area contributed by atoms with Crippen LogP contribution in [0.2, 0.25) is 0 Å². The Labute approximate surface area is 443 Å². The van der Waals surface area contributed by atoms with Gasteiger partial charge in [-0.15, -0.1) is 0 Å². The van der Waals surface area contributed by atoms with Crippen molar-refractivity contribution in [3.05, 3.63) is 229 Å². The lowest BCUT2D eigenvalue weighted by Gasteiger charge is -2.27. The molecule has 3 heterocycles. The number of hydrogen-bond donors (Lipinski definition) is 0. The van der Waals surface area contributed by atoms with Crippen molar-refractivity contribution < 1.29 is 23.0 Å². The highest BCUT2D eigenvalue weighted by molar-refractivity contribution is 6.10. The smallest absolute Gasteiger partial charge is 0.233 e. The summed E-state index contributed by atoms with van der Waals surface area (Å²) in [5, 5.41) is 7.36. The van der Waals surface area contributed by atoms with Crippen LogP contribution in [0.4, 0.5) is 0 Å². The molecular weight excluding hydrogens is 891 g/mol. The van der Waals surface area contributed by atoms with Gasteiger partial charge in [-0.2, -0.15) is 4.68 Å². The SMILES string of the molecule is [2H]c1c([2H])c([2H])c(-c2cccc(-c3c([2H])c([2H])c([2H])c([2H])c3[2H])c2-c2nn(-c3cccc(Oc4ccc5c6cc(-c7ccccc7)ccc6n(-c6cc(C(C)(C)C)ccn6)c5c4)c3)[c-][n+]2-c2cc(C(C)(C)C)cc(C(C)(C)C)c2)c([2H])c1[2H]. The molecule has 6 nitrogen and oxygen atoms in total. The predicted molar refractivity (Wildman–Crippen MR) is 300 cm³/mol. The van der Waals surface area contributed by atoms with E-state index >= 15 is 0 Å². The van der Waals surface area contributed by atoms with Crippen molar-refractivity contribution in [3.63, 3.8) is 0 Å². The first kappa shape index (κ1) is 36.6. The van der Waals surface area contributed by atoms with Crippen molar-refractivity contribution >= 4 is 21.8 Å². The Bertz CT molecular complexity index is 4260. The van der Waals surface area contributed by atoms with E-state index < -0.39 is 60.4 Å². The van der Waals surface area contributed by atoms with Crippen LogP contribution in [0.3, 0.4) is 0 Å². The highest BCUT2D eigenvalue weighted by atomic mass is 16.5. The lowest BCUT2D eigenvalue weighted by atomic mass is 9.80. The molecule has 11 aromatic rings. The lowest BCUT2D eigenvalue weighted by molar-refractivity contribution is -0.589. The van der Waals surface area contributed by atoms with Gasteiger partial charge < -0.3 is 9.30 Å². The van der Waals surface area contributed by atoms with E-state index in [0.29, 0.717) is 22.9 Å². The summed E-state index contributed by atoms with van der Waals surface area (Å²) in [5.74, 6) is 1.92. The molecular formula is C67H61N5O. The number of ether oxygens (including phenoxy) is 1. The molecule has 0 aliphatic heterocycles. The van der Waals surface area contributed by atoms with Gasteiger partial charge in [0.15, 0.2) is 0 Å². The Morgan fingerprint density at radius 2 is 1.14 bits per heavy atom. The maximum absolute atomic E-state index is 9.26. The fourth-order valence-corrected chi connectivity index (χ4v) is 9.29. The molecule has 0 unspecified atom stereocenters. The van der Waals surface area contributed by atoms with E-state index in [9.17, 15) is 5.48 Å². The van der Waals surface area contributed by atoms with Crippen LogP contribution in [0.15, 0.2) is 206 Å². The number of hydrogen-bond acceptors (Lipinski definition) is 3. The molecule has 360 valence electrons. The van der Waals surface area contributed by atoms with E-state index in [4.69, 9.17) is 23.0 Å². The van der Waals surface area contributed by atoms with Gasteiger partial charge in [0.05, 0.1) is 30.4 Å². The van der Waals surface area contributed by atoms with Crippen molar-refractivity contribution in [3.8, 4) is 73.5 Å². The fourth-order valence-electron chi connectivity index (χ4n) is 9.29. The number of benzene rings is 8. The standard InChI is InChI=1S/C67H61N5O/c1-65(2,3)49-35-36-68-62(41-49)72-60-34-31-48(45-21-13-10-14-22-45)37-59(60)58-33-32-55(43-61(58)72)73-54-28-19-27-52(42-54)71-44-70(53-39-50(66(4,5)6)38-51(40-53)67(7,8)9)64(69-71)63-56(46-23-15-11-16-24-46)29-20-30-57(63)47-25-17-12-18-26-47/h10-43H,1-9H3/i11D,12D,15D,16D,17D,18D,23D,24D,25D,26D. The molecule has 0 amide bonds. The minimum Gasteiger partial charge on any atom is -0.458 e.